The number of benzene rings is 3. The fourth-order valence-electron chi connectivity index (χ4n) is 2.10. The van der Waals surface area contributed by atoms with Crippen molar-refractivity contribution in [2.75, 3.05) is 4.72 Å². The normalized spacial score (nSPS) is 14.2. The summed E-state index contributed by atoms with van der Waals surface area (Å²) in [4.78, 5) is 0.0639. The lowest BCUT2D eigenvalue weighted by Gasteiger charge is -2.13. The summed E-state index contributed by atoms with van der Waals surface area (Å²) in [6.45, 7) is 1.84. The van der Waals surface area contributed by atoms with Crippen LogP contribution in [-0.4, -0.2) is 8.42 Å². The van der Waals surface area contributed by atoms with Crippen molar-refractivity contribution in [2.24, 2.45) is 0 Å². The zero-order chi connectivity index (χ0) is 20.6. The van der Waals surface area contributed by atoms with Gasteiger partial charge in [-0.2, -0.15) is 0 Å². The molecule has 0 aliphatic rings. The lowest BCUT2D eigenvalue weighted by molar-refractivity contribution is 0.601. The first kappa shape index (κ1) is 10.2. The van der Waals surface area contributed by atoms with Gasteiger partial charge in [0.25, 0.3) is 10.0 Å². The Morgan fingerprint density at radius 3 is 2.26 bits per heavy atom. The Labute approximate surface area is 143 Å². The number of hydrogen-bond acceptors (Lipinski definition) is 2. The average molecular weight is 328 g/mol. The first-order chi connectivity index (χ1) is 13.1. The van der Waals surface area contributed by atoms with Gasteiger partial charge in [-0.1, -0.05) is 66.1 Å². The van der Waals surface area contributed by atoms with E-state index in [4.69, 9.17) is 6.85 Å². The number of aryl methyl sites for hydroxylation is 1. The van der Waals surface area contributed by atoms with Crippen molar-refractivity contribution < 1.29 is 15.3 Å². The highest BCUT2D eigenvalue weighted by Gasteiger charge is 2.16. The highest BCUT2D eigenvalue weighted by Crippen LogP contribution is 2.29. The minimum Gasteiger partial charge on any atom is -0.279 e. The third kappa shape index (κ3) is 3.43. The topological polar surface area (TPSA) is 46.2 Å². The Kier molecular flexibility index (Phi) is 2.79. The van der Waals surface area contributed by atoms with Crippen LogP contribution in [0.4, 0.5) is 5.69 Å². The molecule has 0 amide bonds. The quantitative estimate of drug-likeness (QED) is 0.768. The van der Waals surface area contributed by atoms with E-state index in [-0.39, 0.29) is 21.7 Å². The second-order valence-corrected chi connectivity index (χ2v) is 6.65. The molecule has 116 valence electrons. The van der Waals surface area contributed by atoms with Gasteiger partial charge in [0.2, 0.25) is 0 Å². The minimum atomic E-state index is -3.92. The molecule has 0 radical (unpaired) electrons. The summed E-state index contributed by atoms with van der Waals surface area (Å²) in [6.07, 6.45) is 0. The van der Waals surface area contributed by atoms with Gasteiger partial charge in [-0.05, 0) is 30.7 Å². The molecule has 3 nitrogen and oxygen atoms in total. The van der Waals surface area contributed by atoms with Crippen molar-refractivity contribution in [3.8, 4) is 11.1 Å². The summed E-state index contributed by atoms with van der Waals surface area (Å²) in [6, 6.07) is 10.3. The van der Waals surface area contributed by atoms with Gasteiger partial charge in [-0.25, -0.2) is 8.42 Å². The maximum atomic E-state index is 12.7. The van der Waals surface area contributed by atoms with E-state index in [1.807, 2.05) is 6.92 Å². The molecule has 4 heteroatoms. The fourth-order valence-corrected chi connectivity index (χ4v) is 3.18. The molecule has 23 heavy (non-hydrogen) atoms. The lowest BCUT2D eigenvalue weighted by Crippen LogP contribution is -2.13. The third-order valence-electron chi connectivity index (χ3n) is 3.27. The van der Waals surface area contributed by atoms with Crippen LogP contribution in [0.1, 0.15) is 12.4 Å². The molecular weight excluding hydrogens is 306 g/mol. The van der Waals surface area contributed by atoms with Gasteiger partial charge < -0.3 is 0 Å². The van der Waals surface area contributed by atoms with Crippen LogP contribution in [0.3, 0.4) is 0 Å². The summed E-state index contributed by atoms with van der Waals surface area (Å²) < 4.78 is 67.6. The summed E-state index contributed by atoms with van der Waals surface area (Å²) in [5.74, 6) is 0. The predicted molar refractivity (Wildman–Crippen MR) is 93.9 cm³/mol. The minimum absolute atomic E-state index is 0.0618. The Hall–Kier alpha value is -2.59. The molecule has 0 saturated heterocycles. The smallest absolute Gasteiger partial charge is 0.261 e. The van der Waals surface area contributed by atoms with Crippen LogP contribution in [0.5, 0.6) is 0 Å². The number of nitrogens with one attached hydrogen (secondary N) is 1. The van der Waals surface area contributed by atoms with Crippen LogP contribution in [0, 0.1) is 6.92 Å². The lowest BCUT2D eigenvalue weighted by atomic mass is 10.0. The predicted octanol–water partition coefficient (Wildman–Crippen LogP) is 4.46. The summed E-state index contributed by atoms with van der Waals surface area (Å²) >= 11 is 0. The molecule has 0 spiro atoms. The molecule has 0 fully saturated rings. The average Bonchev–Trinajstić information content (AvgIpc) is 2.66. The largest absolute Gasteiger partial charge is 0.279 e. The van der Waals surface area contributed by atoms with Gasteiger partial charge in [0.15, 0.2) is 0 Å². The summed E-state index contributed by atoms with van der Waals surface area (Å²) in [5.41, 5.74) is 1.18. The van der Waals surface area contributed by atoms with Crippen molar-refractivity contribution in [1.82, 2.24) is 0 Å². The van der Waals surface area contributed by atoms with E-state index in [9.17, 15) is 8.42 Å². The number of hydrogen-bond donors (Lipinski definition) is 1. The summed E-state index contributed by atoms with van der Waals surface area (Å²) in [5, 5.41) is 0. The van der Waals surface area contributed by atoms with E-state index in [0.29, 0.717) is 0 Å². The maximum Gasteiger partial charge on any atom is 0.261 e. The van der Waals surface area contributed by atoms with E-state index < -0.39 is 40.2 Å². The van der Waals surface area contributed by atoms with Crippen molar-refractivity contribution in [3.63, 3.8) is 0 Å². The second-order valence-electron chi connectivity index (χ2n) is 4.96. The third-order valence-corrected chi connectivity index (χ3v) is 4.65. The SMILES string of the molecule is [2H]c1c([2H])c([2H])c(-c2ccccc2NS(=O)(=O)c2ccc(C)cc2)c([2H])c1[2H]. The number of anilines is 1. The molecule has 0 atom stereocenters. The zero-order valence-corrected chi connectivity index (χ0v) is 13.2. The first-order valence-electron chi connectivity index (χ1n) is 9.39. The van der Waals surface area contributed by atoms with Crippen molar-refractivity contribution in [1.29, 1.82) is 0 Å². The fraction of sp³-hybridized carbons (Fsp3) is 0.0526. The van der Waals surface area contributed by atoms with E-state index in [1.54, 1.807) is 24.3 Å². The van der Waals surface area contributed by atoms with Gasteiger partial charge in [0.1, 0.15) is 0 Å². The molecule has 3 aromatic carbocycles. The Bertz CT molecular complexity index is 1130. The molecule has 1 N–H and O–H groups in total. The van der Waals surface area contributed by atoms with Gasteiger partial charge >= 0.3 is 0 Å². The monoisotopic (exact) mass is 328 g/mol. The highest BCUT2D eigenvalue weighted by molar-refractivity contribution is 7.92. The molecular formula is C19H17NO2S. The van der Waals surface area contributed by atoms with Crippen molar-refractivity contribution in [2.45, 2.75) is 11.8 Å². The van der Waals surface area contributed by atoms with Crippen molar-refractivity contribution in [3.05, 3.63) is 84.3 Å². The van der Waals surface area contributed by atoms with Crippen molar-refractivity contribution >= 4 is 15.7 Å². The molecule has 3 rings (SSSR count). The molecule has 0 bridgehead atoms. The van der Waals surface area contributed by atoms with Gasteiger partial charge in [-0.3, -0.25) is 4.72 Å². The van der Waals surface area contributed by atoms with Crippen LogP contribution in [-0.2, 0) is 10.0 Å². The van der Waals surface area contributed by atoms with Crippen LogP contribution in [0.25, 0.3) is 11.1 Å². The molecule has 0 aliphatic carbocycles. The van der Waals surface area contributed by atoms with Crippen LogP contribution in [0.2, 0.25) is 0 Å². The van der Waals surface area contributed by atoms with Gasteiger partial charge in [-0.15, -0.1) is 0 Å². The zero-order valence-electron chi connectivity index (χ0n) is 17.3. The Morgan fingerprint density at radius 2 is 1.57 bits per heavy atom. The summed E-state index contributed by atoms with van der Waals surface area (Å²) in [7, 11) is -3.92. The van der Waals surface area contributed by atoms with E-state index in [2.05, 4.69) is 4.72 Å². The molecule has 0 saturated carbocycles. The number of para-hydroxylation sites is 1. The van der Waals surface area contributed by atoms with Crippen LogP contribution < -0.4 is 4.72 Å². The van der Waals surface area contributed by atoms with E-state index in [1.165, 1.54) is 24.3 Å². The van der Waals surface area contributed by atoms with Gasteiger partial charge in [0, 0.05) is 5.56 Å². The number of rotatable bonds is 4. The van der Waals surface area contributed by atoms with E-state index in [0.717, 1.165) is 5.56 Å². The first-order valence-corrected chi connectivity index (χ1v) is 8.37. The highest BCUT2D eigenvalue weighted by atomic mass is 32.2. The Morgan fingerprint density at radius 1 is 0.913 bits per heavy atom. The molecule has 3 aromatic rings. The Balaban J connectivity index is 2.15. The molecule has 0 heterocycles. The number of sulfonamides is 1. The second kappa shape index (κ2) is 6.26. The van der Waals surface area contributed by atoms with Crippen LogP contribution in [0.15, 0.2) is 83.6 Å². The van der Waals surface area contributed by atoms with Crippen LogP contribution >= 0.6 is 0 Å². The maximum absolute atomic E-state index is 12.7. The molecule has 0 unspecified atom stereocenters. The molecule has 0 aliphatic heterocycles. The van der Waals surface area contributed by atoms with Gasteiger partial charge in [0.05, 0.1) is 17.4 Å². The van der Waals surface area contributed by atoms with E-state index >= 15 is 0 Å². The molecule has 0 aromatic heterocycles. The standard InChI is InChI=1S/C19H17NO2S/c1-15-11-13-17(14-12-15)23(21,22)20-19-10-6-5-9-18(19)16-7-3-2-4-8-16/h2-14,20H,1H3/i2D,3D,4D,7D,8D.